The number of amides is 6. The van der Waals surface area contributed by atoms with Crippen LogP contribution in [0, 0.1) is 0 Å². The SMILES string of the molecule is CCCCCCCCCCCCCC(=O)N[C@@H](COP(=O)([O-])OCCNC(=O)NCCOP(=O)([O-])OC[C@H](NC(=O)CCCCCCCCCCCCC)C(=O)NCC[C@@H](CCCCCCC)OC(=O)CCCCCCCCCCC)C(=O)NCC[C@@H](CCCCCCC)OC(=O)CCCCCCCCCCC.[Na+].[Na+]. The van der Waals surface area contributed by atoms with Crippen molar-refractivity contribution in [2.45, 2.75) is 438 Å². The van der Waals surface area contributed by atoms with Gasteiger partial charge in [-0.15, -0.1) is 0 Å². The number of ether oxygens (including phenoxy) is 2. The van der Waals surface area contributed by atoms with E-state index in [-0.39, 0.29) is 110 Å². The molecular formula is C83H160N6Na2O17P2. The minimum Gasteiger partial charge on any atom is -0.756 e. The van der Waals surface area contributed by atoms with Crippen molar-refractivity contribution in [3.63, 3.8) is 0 Å². The average molecular weight is 1620 g/mol. The molecule has 636 valence electrons. The van der Waals surface area contributed by atoms with Gasteiger partial charge in [-0.2, -0.15) is 0 Å². The van der Waals surface area contributed by atoms with E-state index in [2.05, 4.69) is 73.4 Å². The normalized spacial score (nSPS) is 13.5. The van der Waals surface area contributed by atoms with Gasteiger partial charge in [-0.1, -0.05) is 324 Å². The molecule has 0 aromatic heterocycles. The zero-order valence-electron chi connectivity index (χ0n) is 71.3. The topological polar surface area (TPSA) is 327 Å². The molecule has 0 bridgehead atoms. The predicted octanol–water partition coefficient (Wildman–Crippen LogP) is 13.1. The molecule has 0 aromatic rings. The Balaban J connectivity index is -0.0000572. The van der Waals surface area contributed by atoms with Gasteiger partial charge in [-0.25, -0.2) is 4.79 Å². The third-order valence-electron chi connectivity index (χ3n) is 19.7. The third kappa shape index (κ3) is 76.3. The fraction of sp³-hybridized carbons (Fsp3) is 0.916. The number of rotatable bonds is 82. The summed E-state index contributed by atoms with van der Waals surface area (Å²) in [6.07, 6.45) is 56.4. The number of nitrogens with one attached hydrogen (secondary N) is 6. The quantitative estimate of drug-likeness (QED) is 0.0143. The van der Waals surface area contributed by atoms with E-state index in [0.717, 1.165) is 167 Å². The van der Waals surface area contributed by atoms with E-state index in [1.54, 1.807) is 0 Å². The van der Waals surface area contributed by atoms with Crippen LogP contribution in [0.5, 0.6) is 0 Å². The zero-order valence-corrected chi connectivity index (χ0v) is 77.1. The molecule has 2 unspecified atom stereocenters. The van der Waals surface area contributed by atoms with Crippen LogP contribution in [-0.4, -0.2) is 118 Å². The first-order valence-corrected chi connectivity index (χ1v) is 47.0. The summed E-state index contributed by atoms with van der Waals surface area (Å²) < 4.78 is 58.4. The maximum Gasteiger partial charge on any atom is 1.00 e. The number of carbonyl (C=O) groups is 7. The van der Waals surface area contributed by atoms with Crippen molar-refractivity contribution in [2.24, 2.45) is 0 Å². The van der Waals surface area contributed by atoms with Crippen LogP contribution >= 0.6 is 15.6 Å². The molecule has 0 rings (SSSR count). The number of carbonyl (C=O) groups excluding carboxylic acids is 7. The number of urea groups is 1. The van der Waals surface area contributed by atoms with Gasteiger partial charge in [0.15, 0.2) is 0 Å². The molecule has 6 amide bonds. The van der Waals surface area contributed by atoms with Crippen molar-refractivity contribution in [1.29, 1.82) is 0 Å². The van der Waals surface area contributed by atoms with Gasteiger partial charge in [0.05, 0.1) is 26.4 Å². The first-order chi connectivity index (χ1) is 52.3. The van der Waals surface area contributed by atoms with Crippen LogP contribution in [0.4, 0.5) is 4.79 Å². The molecule has 27 heteroatoms. The Morgan fingerprint density at radius 3 is 0.791 bits per heavy atom. The van der Waals surface area contributed by atoms with Crippen molar-refractivity contribution in [1.82, 2.24) is 31.9 Å². The zero-order chi connectivity index (χ0) is 79.5. The Morgan fingerprint density at radius 1 is 0.291 bits per heavy atom. The van der Waals surface area contributed by atoms with Crippen LogP contribution in [0.1, 0.15) is 414 Å². The van der Waals surface area contributed by atoms with Gasteiger partial charge in [-0.3, -0.25) is 37.9 Å². The van der Waals surface area contributed by atoms with Gasteiger partial charge < -0.3 is 69.3 Å². The van der Waals surface area contributed by atoms with Crippen molar-refractivity contribution < 1.29 is 139 Å². The summed E-state index contributed by atoms with van der Waals surface area (Å²) in [5, 5.41) is 15.7. The molecule has 0 aliphatic rings. The molecule has 110 heavy (non-hydrogen) atoms. The van der Waals surface area contributed by atoms with Crippen molar-refractivity contribution in [2.75, 3.05) is 52.6 Å². The fourth-order valence-corrected chi connectivity index (χ4v) is 14.4. The van der Waals surface area contributed by atoms with Gasteiger partial charge in [0, 0.05) is 64.7 Å². The second-order valence-electron chi connectivity index (χ2n) is 30.1. The number of hydrogen-bond acceptors (Lipinski definition) is 17. The second kappa shape index (κ2) is 82.4. The minimum atomic E-state index is -5.13. The Hall–Kier alpha value is -1.69. The Morgan fingerprint density at radius 2 is 0.527 bits per heavy atom. The molecule has 0 heterocycles. The largest absolute Gasteiger partial charge is 1.00 e. The standard InChI is InChI=1S/C83H162N6O17P2.2Na/c1-7-13-19-25-29-33-35-39-41-47-53-59-77(90)88-75(81(94)84-65-63-73(57-51-45-23-17-11-5)105-79(92)61-55-49-43-37-31-27-21-15-9-3)71-103-107(97,98)101-69-67-86-83(96)87-68-70-102-108(99,100)104-72-76(89-78(91)60-54-48-42-40-36-34-30-26-20-14-8-2)82(95)85-66-64-74(58-52-46-24-18-12-6)106-80(93)62-56-50-44-38-32-28-22-16-10-4;;/h73-76H,7-72H2,1-6H3,(H,84,94)(H,85,95)(H,88,90)(H,89,91)(H,97,98)(H,99,100)(H2,86,87,96);;/q;2*+1/p-2/t73-,74-,75+,76+;;/m1../s1. The fourth-order valence-electron chi connectivity index (χ4n) is 13.0. The van der Waals surface area contributed by atoms with Crippen LogP contribution in [0.25, 0.3) is 0 Å². The van der Waals surface area contributed by atoms with Crippen LogP contribution in [0.2, 0.25) is 0 Å². The molecular weight excluding hydrogens is 1460 g/mol. The van der Waals surface area contributed by atoms with Gasteiger partial charge in [0.1, 0.15) is 24.3 Å². The summed E-state index contributed by atoms with van der Waals surface area (Å²) in [4.78, 5) is 119. The van der Waals surface area contributed by atoms with E-state index >= 15 is 0 Å². The van der Waals surface area contributed by atoms with Crippen molar-refractivity contribution >= 4 is 57.2 Å². The maximum atomic E-state index is 13.8. The van der Waals surface area contributed by atoms with Crippen LogP contribution in [-0.2, 0) is 65.5 Å². The van der Waals surface area contributed by atoms with Gasteiger partial charge in [0.25, 0.3) is 15.6 Å². The number of phosphoric acid groups is 2. The predicted molar refractivity (Wildman–Crippen MR) is 432 cm³/mol. The summed E-state index contributed by atoms with van der Waals surface area (Å²) in [6.45, 7) is 9.84. The van der Waals surface area contributed by atoms with Gasteiger partial charge >= 0.3 is 77.1 Å². The van der Waals surface area contributed by atoms with Crippen molar-refractivity contribution in [3.05, 3.63) is 0 Å². The first kappa shape index (κ1) is 112. The summed E-state index contributed by atoms with van der Waals surface area (Å²) in [7, 11) is -10.3. The molecule has 23 nitrogen and oxygen atoms in total. The summed E-state index contributed by atoms with van der Waals surface area (Å²) in [5.74, 6) is -2.81. The number of esters is 2. The number of hydrogen-bond donors (Lipinski definition) is 6. The molecule has 6 atom stereocenters. The molecule has 0 saturated carbocycles. The summed E-state index contributed by atoms with van der Waals surface area (Å²) >= 11 is 0. The molecule has 0 aromatic carbocycles. The maximum absolute atomic E-state index is 13.8. The molecule has 0 fully saturated rings. The summed E-state index contributed by atoms with van der Waals surface area (Å²) in [5.41, 5.74) is 0. The Kier molecular flexibility index (Phi) is 84.3. The van der Waals surface area contributed by atoms with Gasteiger partial charge in [0.2, 0.25) is 23.6 Å². The van der Waals surface area contributed by atoms with Crippen LogP contribution in [0.3, 0.4) is 0 Å². The molecule has 0 radical (unpaired) electrons. The second-order valence-corrected chi connectivity index (χ2v) is 32.9. The van der Waals surface area contributed by atoms with Crippen molar-refractivity contribution in [3.8, 4) is 0 Å². The van der Waals surface area contributed by atoms with Gasteiger partial charge in [-0.05, 0) is 51.4 Å². The molecule has 0 spiro atoms. The molecule has 0 saturated heterocycles. The summed E-state index contributed by atoms with van der Waals surface area (Å²) in [6, 6.07) is -3.67. The Labute approximate surface area is 713 Å². The van der Waals surface area contributed by atoms with E-state index in [1.807, 2.05) is 0 Å². The van der Waals surface area contributed by atoms with E-state index in [1.165, 1.54) is 141 Å². The smallest absolute Gasteiger partial charge is 0.756 e. The molecule has 0 aliphatic carbocycles. The monoisotopic (exact) mass is 1620 g/mol. The Bertz CT molecular complexity index is 2140. The first-order valence-electron chi connectivity index (χ1n) is 44.1. The minimum absolute atomic E-state index is 0. The van der Waals surface area contributed by atoms with Crippen LogP contribution in [0.15, 0.2) is 0 Å². The van der Waals surface area contributed by atoms with E-state index in [4.69, 9.17) is 27.6 Å². The number of phosphoric ester groups is 2. The molecule has 0 aliphatic heterocycles. The average Bonchev–Trinajstić information content (AvgIpc) is 0.895. The number of unbranched alkanes of at least 4 members (excludes halogenated alkanes) is 44. The van der Waals surface area contributed by atoms with E-state index < -0.39 is 96.0 Å². The van der Waals surface area contributed by atoms with Crippen LogP contribution < -0.4 is 101 Å². The van der Waals surface area contributed by atoms with E-state index in [0.29, 0.717) is 51.4 Å². The molecule has 6 N–H and O–H groups in total. The third-order valence-corrected chi connectivity index (χ3v) is 21.7. The van der Waals surface area contributed by atoms with E-state index in [9.17, 15) is 52.5 Å².